The highest BCUT2D eigenvalue weighted by Crippen LogP contribution is 2.30. The Kier molecular flexibility index (Phi) is 3.84. The van der Waals surface area contributed by atoms with Crippen LogP contribution in [0.1, 0.15) is 16.7 Å². The van der Waals surface area contributed by atoms with E-state index in [1.54, 1.807) is 0 Å². The first-order valence-corrected chi connectivity index (χ1v) is 7.96. The molecule has 0 fully saturated rings. The summed E-state index contributed by atoms with van der Waals surface area (Å²) in [6.45, 7) is 4.28. The lowest BCUT2D eigenvalue weighted by molar-refractivity contribution is 1.25. The average molecular weight is 294 g/mol. The summed E-state index contributed by atoms with van der Waals surface area (Å²) in [6, 6.07) is 14.6. The Balaban J connectivity index is 1.92. The molecule has 0 unspecified atom stereocenters. The quantitative estimate of drug-likeness (QED) is 0.561. The van der Waals surface area contributed by atoms with E-state index >= 15 is 0 Å². The number of nitrogens with two attached hydrogens (primary N) is 1. The minimum atomic E-state index is 0.790. The van der Waals surface area contributed by atoms with Gasteiger partial charge in [0.15, 0.2) is 0 Å². The van der Waals surface area contributed by atoms with Gasteiger partial charge in [-0.15, -0.1) is 11.8 Å². The Labute approximate surface area is 129 Å². The van der Waals surface area contributed by atoms with Gasteiger partial charge in [0.25, 0.3) is 0 Å². The number of thioether (sulfide) groups is 1. The van der Waals surface area contributed by atoms with Crippen molar-refractivity contribution in [2.75, 3.05) is 5.73 Å². The molecule has 0 aliphatic heterocycles. The molecule has 21 heavy (non-hydrogen) atoms. The van der Waals surface area contributed by atoms with Gasteiger partial charge in [-0.25, -0.2) is 0 Å². The Morgan fingerprint density at radius 2 is 1.95 bits per heavy atom. The van der Waals surface area contributed by atoms with Crippen LogP contribution in [-0.4, -0.2) is 4.98 Å². The Bertz CT molecular complexity index is 796. The van der Waals surface area contributed by atoms with Crippen LogP contribution in [0.4, 0.5) is 5.69 Å². The molecule has 0 saturated heterocycles. The fraction of sp³-hybridized carbons (Fsp3) is 0.167. The third kappa shape index (κ3) is 2.88. The fourth-order valence-electron chi connectivity index (χ4n) is 2.39. The van der Waals surface area contributed by atoms with Crippen molar-refractivity contribution in [2.45, 2.75) is 24.5 Å². The molecule has 1 aromatic heterocycles. The summed E-state index contributed by atoms with van der Waals surface area (Å²) in [5.41, 5.74) is 11.7. The molecule has 2 N–H and O–H groups in total. The van der Waals surface area contributed by atoms with E-state index in [2.05, 4.69) is 43.1 Å². The smallest absolute Gasteiger partial charge is 0.0763 e. The highest BCUT2D eigenvalue weighted by molar-refractivity contribution is 7.98. The highest BCUT2D eigenvalue weighted by atomic mass is 32.2. The van der Waals surface area contributed by atoms with Crippen molar-refractivity contribution in [3.8, 4) is 0 Å². The second-order valence-corrected chi connectivity index (χ2v) is 6.29. The Hall–Kier alpha value is -2.00. The second-order valence-electron chi connectivity index (χ2n) is 5.27. The van der Waals surface area contributed by atoms with E-state index in [1.807, 2.05) is 36.2 Å². The molecule has 0 aliphatic rings. The van der Waals surface area contributed by atoms with Gasteiger partial charge in [0.1, 0.15) is 0 Å². The summed E-state index contributed by atoms with van der Waals surface area (Å²) in [5, 5.41) is 1.04. The van der Waals surface area contributed by atoms with Crippen LogP contribution in [0.25, 0.3) is 10.9 Å². The molecule has 3 rings (SSSR count). The molecule has 3 aromatic rings. The number of pyridine rings is 1. The van der Waals surface area contributed by atoms with E-state index in [0.29, 0.717) is 0 Å². The number of hydrogen-bond acceptors (Lipinski definition) is 3. The SMILES string of the molecule is Cc1ccc(C)c(SCc2ccc(N)c3cccnc23)c1. The van der Waals surface area contributed by atoms with Crippen molar-refractivity contribution in [1.82, 2.24) is 4.98 Å². The largest absolute Gasteiger partial charge is 0.398 e. The van der Waals surface area contributed by atoms with Gasteiger partial charge in [-0.1, -0.05) is 23.8 Å². The average Bonchev–Trinajstić information content (AvgIpc) is 2.50. The van der Waals surface area contributed by atoms with Gasteiger partial charge in [0.2, 0.25) is 0 Å². The molecule has 0 atom stereocenters. The van der Waals surface area contributed by atoms with Crippen molar-refractivity contribution in [3.63, 3.8) is 0 Å². The first-order chi connectivity index (χ1) is 10.1. The molecule has 2 aromatic carbocycles. The molecule has 106 valence electrons. The van der Waals surface area contributed by atoms with E-state index in [-0.39, 0.29) is 0 Å². The molecule has 1 heterocycles. The maximum atomic E-state index is 6.03. The third-order valence-electron chi connectivity index (χ3n) is 3.61. The number of benzene rings is 2. The maximum Gasteiger partial charge on any atom is 0.0763 e. The van der Waals surface area contributed by atoms with Crippen LogP contribution in [0, 0.1) is 13.8 Å². The lowest BCUT2D eigenvalue weighted by atomic mass is 10.1. The van der Waals surface area contributed by atoms with E-state index < -0.39 is 0 Å². The van der Waals surface area contributed by atoms with Crippen molar-refractivity contribution in [1.29, 1.82) is 0 Å². The van der Waals surface area contributed by atoms with Crippen molar-refractivity contribution >= 4 is 28.4 Å². The molecular formula is C18H18N2S. The van der Waals surface area contributed by atoms with Crippen molar-refractivity contribution < 1.29 is 0 Å². The normalized spacial score (nSPS) is 11.0. The summed E-state index contributed by atoms with van der Waals surface area (Å²) in [7, 11) is 0. The summed E-state index contributed by atoms with van der Waals surface area (Å²) < 4.78 is 0. The van der Waals surface area contributed by atoms with E-state index in [4.69, 9.17) is 5.73 Å². The van der Waals surface area contributed by atoms with Gasteiger partial charge in [0.05, 0.1) is 5.52 Å². The second kappa shape index (κ2) is 5.78. The topological polar surface area (TPSA) is 38.9 Å². The number of hydrogen-bond donors (Lipinski definition) is 1. The minimum absolute atomic E-state index is 0.790. The fourth-order valence-corrected chi connectivity index (χ4v) is 3.50. The lowest BCUT2D eigenvalue weighted by Gasteiger charge is -2.10. The van der Waals surface area contributed by atoms with Crippen LogP contribution in [-0.2, 0) is 5.75 Å². The number of aromatic nitrogens is 1. The van der Waals surface area contributed by atoms with Crippen LogP contribution in [0.2, 0.25) is 0 Å². The van der Waals surface area contributed by atoms with Crippen LogP contribution in [0.15, 0.2) is 53.6 Å². The zero-order valence-electron chi connectivity index (χ0n) is 12.3. The molecule has 0 amide bonds. The van der Waals surface area contributed by atoms with Gasteiger partial charge >= 0.3 is 0 Å². The first kappa shape index (κ1) is 14.0. The van der Waals surface area contributed by atoms with Crippen molar-refractivity contribution in [2.24, 2.45) is 0 Å². The number of fused-ring (bicyclic) bond motifs is 1. The summed E-state index contributed by atoms with van der Waals surface area (Å²) in [6.07, 6.45) is 1.83. The lowest BCUT2D eigenvalue weighted by Crippen LogP contribution is -1.93. The molecule has 0 saturated carbocycles. The first-order valence-electron chi connectivity index (χ1n) is 6.97. The molecule has 0 radical (unpaired) electrons. The summed E-state index contributed by atoms with van der Waals surface area (Å²) in [4.78, 5) is 5.83. The van der Waals surface area contributed by atoms with Crippen molar-refractivity contribution in [3.05, 3.63) is 65.4 Å². The van der Waals surface area contributed by atoms with E-state index in [9.17, 15) is 0 Å². The number of nitrogens with zero attached hydrogens (tertiary/aromatic N) is 1. The number of rotatable bonds is 3. The number of nitrogen functional groups attached to an aromatic ring is 1. The van der Waals surface area contributed by atoms with Crippen LogP contribution in [0.5, 0.6) is 0 Å². The minimum Gasteiger partial charge on any atom is -0.398 e. The van der Waals surface area contributed by atoms with Crippen LogP contribution < -0.4 is 5.73 Å². The zero-order valence-corrected chi connectivity index (χ0v) is 13.1. The molecule has 0 bridgehead atoms. The molecule has 0 aliphatic carbocycles. The Morgan fingerprint density at radius 1 is 1.10 bits per heavy atom. The maximum absolute atomic E-state index is 6.03. The van der Waals surface area contributed by atoms with E-state index in [0.717, 1.165) is 22.3 Å². The monoisotopic (exact) mass is 294 g/mol. The number of aryl methyl sites for hydroxylation is 2. The molecule has 2 nitrogen and oxygen atoms in total. The standard InChI is InChI=1S/C18H18N2S/c1-12-5-6-13(2)17(10-12)21-11-14-7-8-16(19)15-4-3-9-20-18(14)15/h3-10H,11,19H2,1-2H3. The van der Waals surface area contributed by atoms with Gasteiger partial charge in [-0.05, 0) is 49.2 Å². The van der Waals surface area contributed by atoms with E-state index in [1.165, 1.54) is 21.6 Å². The van der Waals surface area contributed by atoms with Gasteiger partial charge in [-0.2, -0.15) is 0 Å². The predicted molar refractivity (Wildman–Crippen MR) is 91.6 cm³/mol. The molecule has 0 spiro atoms. The van der Waals surface area contributed by atoms with Crippen LogP contribution >= 0.6 is 11.8 Å². The molecular weight excluding hydrogens is 276 g/mol. The summed E-state index contributed by atoms with van der Waals surface area (Å²) in [5.74, 6) is 0.901. The highest BCUT2D eigenvalue weighted by Gasteiger charge is 2.07. The summed E-state index contributed by atoms with van der Waals surface area (Å²) >= 11 is 1.85. The molecule has 3 heteroatoms. The zero-order chi connectivity index (χ0) is 14.8. The van der Waals surface area contributed by atoms with Gasteiger partial charge < -0.3 is 5.73 Å². The third-order valence-corrected chi connectivity index (χ3v) is 4.82. The number of anilines is 1. The van der Waals surface area contributed by atoms with Gasteiger partial charge in [-0.3, -0.25) is 4.98 Å². The Morgan fingerprint density at radius 3 is 2.81 bits per heavy atom. The predicted octanol–water partition coefficient (Wildman–Crippen LogP) is 4.73. The van der Waals surface area contributed by atoms with Crippen LogP contribution in [0.3, 0.4) is 0 Å². The van der Waals surface area contributed by atoms with Gasteiger partial charge in [0, 0.05) is 27.9 Å².